The van der Waals surface area contributed by atoms with Crippen LogP contribution in [0.1, 0.15) is 60.3 Å². The fraction of sp³-hybridized carbons (Fsp3) is 0.938. The Morgan fingerprint density at radius 3 is 2.32 bits per heavy atom. The lowest BCUT2D eigenvalue weighted by Crippen LogP contribution is -2.47. The standard InChI is InChI=1S/C16H32N2O/c1-11(2)13(5)18-16(19)10-17-15-9-7-6-8-14(15)12(3)4/h11-15,17H,6-10H2,1-5H3,(H,18,19). The average molecular weight is 268 g/mol. The molecule has 0 bridgehead atoms. The number of carbonyl (C=O) groups excluding carboxylic acids is 1. The summed E-state index contributed by atoms with van der Waals surface area (Å²) in [5.41, 5.74) is 0. The van der Waals surface area contributed by atoms with Gasteiger partial charge in [-0.25, -0.2) is 0 Å². The van der Waals surface area contributed by atoms with Crippen molar-refractivity contribution in [1.29, 1.82) is 0 Å². The van der Waals surface area contributed by atoms with Crippen molar-refractivity contribution < 1.29 is 4.79 Å². The molecule has 1 rings (SSSR count). The van der Waals surface area contributed by atoms with Crippen LogP contribution in [0.5, 0.6) is 0 Å². The Morgan fingerprint density at radius 2 is 1.74 bits per heavy atom. The first-order chi connectivity index (χ1) is 8.91. The van der Waals surface area contributed by atoms with Crippen molar-refractivity contribution in [1.82, 2.24) is 10.6 Å². The Labute approximate surface area is 118 Å². The molecular weight excluding hydrogens is 236 g/mol. The molecule has 1 amide bonds. The Hall–Kier alpha value is -0.570. The van der Waals surface area contributed by atoms with E-state index in [1.165, 1.54) is 25.7 Å². The molecule has 3 unspecified atom stereocenters. The molecule has 0 aromatic heterocycles. The third kappa shape index (κ3) is 5.52. The fourth-order valence-electron chi connectivity index (χ4n) is 2.91. The Bertz CT molecular complexity index is 276. The van der Waals surface area contributed by atoms with E-state index in [1.807, 2.05) is 0 Å². The molecule has 0 radical (unpaired) electrons. The van der Waals surface area contributed by atoms with Crippen molar-refractivity contribution in [3.63, 3.8) is 0 Å². The smallest absolute Gasteiger partial charge is 0.234 e. The molecule has 112 valence electrons. The molecule has 0 aromatic rings. The van der Waals surface area contributed by atoms with E-state index in [1.54, 1.807) is 0 Å². The first-order valence-electron chi connectivity index (χ1n) is 7.94. The monoisotopic (exact) mass is 268 g/mol. The van der Waals surface area contributed by atoms with Crippen molar-refractivity contribution in [3.8, 4) is 0 Å². The number of hydrogen-bond donors (Lipinski definition) is 2. The lowest BCUT2D eigenvalue weighted by molar-refractivity contribution is -0.121. The van der Waals surface area contributed by atoms with Gasteiger partial charge in [-0.1, -0.05) is 40.5 Å². The van der Waals surface area contributed by atoms with Gasteiger partial charge in [-0.05, 0) is 37.5 Å². The van der Waals surface area contributed by atoms with Crippen LogP contribution in [0.3, 0.4) is 0 Å². The summed E-state index contributed by atoms with van der Waals surface area (Å²) >= 11 is 0. The SMILES string of the molecule is CC(C)C(C)NC(=O)CNC1CCCCC1C(C)C. The normalized spacial score (nSPS) is 25.6. The third-order valence-electron chi connectivity index (χ3n) is 4.59. The fourth-order valence-corrected chi connectivity index (χ4v) is 2.91. The van der Waals surface area contributed by atoms with Crippen LogP contribution in [0.25, 0.3) is 0 Å². The highest BCUT2D eigenvalue weighted by Crippen LogP contribution is 2.29. The van der Waals surface area contributed by atoms with Crippen molar-refractivity contribution >= 4 is 5.91 Å². The summed E-state index contributed by atoms with van der Waals surface area (Å²) < 4.78 is 0. The Kier molecular flexibility index (Phi) is 6.84. The van der Waals surface area contributed by atoms with E-state index in [-0.39, 0.29) is 11.9 Å². The predicted octanol–water partition coefficient (Wildman–Crippen LogP) is 2.95. The average Bonchev–Trinajstić information content (AvgIpc) is 2.36. The van der Waals surface area contributed by atoms with Gasteiger partial charge < -0.3 is 10.6 Å². The van der Waals surface area contributed by atoms with Gasteiger partial charge in [-0.15, -0.1) is 0 Å². The van der Waals surface area contributed by atoms with E-state index in [9.17, 15) is 4.79 Å². The van der Waals surface area contributed by atoms with Crippen LogP contribution >= 0.6 is 0 Å². The predicted molar refractivity (Wildman–Crippen MR) is 81.0 cm³/mol. The second-order valence-electron chi connectivity index (χ2n) is 6.78. The van der Waals surface area contributed by atoms with Gasteiger partial charge in [0.1, 0.15) is 0 Å². The van der Waals surface area contributed by atoms with Gasteiger partial charge in [0, 0.05) is 12.1 Å². The molecule has 3 atom stereocenters. The van der Waals surface area contributed by atoms with Crippen molar-refractivity contribution in [3.05, 3.63) is 0 Å². The minimum Gasteiger partial charge on any atom is -0.352 e. The minimum absolute atomic E-state index is 0.134. The third-order valence-corrected chi connectivity index (χ3v) is 4.59. The maximum atomic E-state index is 11.9. The molecule has 19 heavy (non-hydrogen) atoms. The number of rotatable bonds is 6. The first-order valence-corrected chi connectivity index (χ1v) is 7.94. The number of carbonyl (C=O) groups is 1. The molecule has 1 fully saturated rings. The van der Waals surface area contributed by atoms with Crippen LogP contribution < -0.4 is 10.6 Å². The van der Waals surface area contributed by atoms with E-state index in [4.69, 9.17) is 0 Å². The van der Waals surface area contributed by atoms with Crippen molar-refractivity contribution in [2.24, 2.45) is 17.8 Å². The maximum absolute atomic E-state index is 11.9. The largest absolute Gasteiger partial charge is 0.352 e. The summed E-state index contributed by atoms with van der Waals surface area (Å²) in [6, 6.07) is 0.774. The van der Waals surface area contributed by atoms with Gasteiger partial charge >= 0.3 is 0 Å². The van der Waals surface area contributed by atoms with Crippen LogP contribution in [-0.4, -0.2) is 24.5 Å². The molecule has 0 aliphatic heterocycles. The first kappa shape index (κ1) is 16.5. The van der Waals surface area contributed by atoms with Crippen molar-refractivity contribution in [2.75, 3.05) is 6.54 Å². The number of amides is 1. The maximum Gasteiger partial charge on any atom is 0.234 e. The zero-order chi connectivity index (χ0) is 14.4. The van der Waals surface area contributed by atoms with Gasteiger partial charge in [-0.3, -0.25) is 4.79 Å². The summed E-state index contributed by atoms with van der Waals surface area (Å²) in [7, 11) is 0. The lowest BCUT2D eigenvalue weighted by atomic mass is 9.78. The number of nitrogens with one attached hydrogen (secondary N) is 2. The highest BCUT2D eigenvalue weighted by Gasteiger charge is 2.27. The van der Waals surface area contributed by atoms with Gasteiger partial charge in [0.25, 0.3) is 0 Å². The highest BCUT2D eigenvalue weighted by atomic mass is 16.1. The van der Waals surface area contributed by atoms with E-state index < -0.39 is 0 Å². The molecule has 0 heterocycles. The van der Waals surface area contributed by atoms with Gasteiger partial charge in [0.05, 0.1) is 6.54 Å². The van der Waals surface area contributed by atoms with Gasteiger partial charge in [0.15, 0.2) is 0 Å². The van der Waals surface area contributed by atoms with Gasteiger partial charge in [0.2, 0.25) is 5.91 Å². The van der Waals surface area contributed by atoms with E-state index >= 15 is 0 Å². The van der Waals surface area contributed by atoms with Crippen LogP contribution in [0.4, 0.5) is 0 Å². The summed E-state index contributed by atoms with van der Waals surface area (Å²) in [6.07, 6.45) is 5.16. The molecule has 3 nitrogen and oxygen atoms in total. The molecule has 1 aliphatic rings. The molecule has 0 saturated heterocycles. The molecular formula is C16H32N2O. The summed E-state index contributed by atoms with van der Waals surface area (Å²) in [5, 5.41) is 6.55. The molecule has 0 aromatic carbocycles. The molecule has 0 spiro atoms. The van der Waals surface area contributed by atoms with Crippen LogP contribution in [0.2, 0.25) is 0 Å². The second-order valence-corrected chi connectivity index (χ2v) is 6.78. The van der Waals surface area contributed by atoms with Crippen LogP contribution in [-0.2, 0) is 4.79 Å². The quantitative estimate of drug-likeness (QED) is 0.777. The molecule has 3 heteroatoms. The zero-order valence-corrected chi connectivity index (χ0v) is 13.3. The summed E-state index contributed by atoms with van der Waals surface area (Å²) in [5.74, 6) is 2.05. The van der Waals surface area contributed by atoms with E-state index in [2.05, 4.69) is 45.3 Å². The van der Waals surface area contributed by atoms with Gasteiger partial charge in [-0.2, -0.15) is 0 Å². The topological polar surface area (TPSA) is 41.1 Å². The molecule has 1 saturated carbocycles. The van der Waals surface area contributed by atoms with Crippen molar-refractivity contribution in [2.45, 2.75) is 72.4 Å². The Balaban J connectivity index is 2.35. The van der Waals surface area contributed by atoms with E-state index in [0.29, 0.717) is 24.4 Å². The summed E-state index contributed by atoms with van der Waals surface area (Å²) in [4.78, 5) is 11.9. The minimum atomic E-state index is 0.134. The number of hydrogen-bond acceptors (Lipinski definition) is 2. The Morgan fingerprint density at radius 1 is 1.11 bits per heavy atom. The van der Waals surface area contributed by atoms with E-state index in [0.717, 1.165) is 5.92 Å². The summed E-state index contributed by atoms with van der Waals surface area (Å²) in [6.45, 7) is 11.4. The molecule has 1 aliphatic carbocycles. The lowest BCUT2D eigenvalue weighted by Gasteiger charge is -2.35. The highest BCUT2D eigenvalue weighted by molar-refractivity contribution is 5.78. The zero-order valence-electron chi connectivity index (χ0n) is 13.3. The van der Waals surface area contributed by atoms with Crippen LogP contribution in [0, 0.1) is 17.8 Å². The second kappa shape index (κ2) is 7.88. The van der Waals surface area contributed by atoms with Crippen LogP contribution in [0.15, 0.2) is 0 Å². The molecule has 2 N–H and O–H groups in total.